The summed E-state index contributed by atoms with van der Waals surface area (Å²) in [6.45, 7) is 4.18. The fourth-order valence-electron chi connectivity index (χ4n) is 3.03. The predicted molar refractivity (Wildman–Crippen MR) is 101 cm³/mol. The summed E-state index contributed by atoms with van der Waals surface area (Å²) in [5.74, 6) is -0.647. The number of aromatic carboxylic acids is 2. The smallest absolute Gasteiger partial charge is 0.335 e. The number of carboxylic acid groups (broad SMARTS) is 2. The Balaban J connectivity index is 0.000000140. The Bertz CT molecular complexity index is 607. The van der Waals surface area contributed by atoms with Gasteiger partial charge in [-0.2, -0.15) is 0 Å². The molecular weight excluding hydrogens is 330 g/mol. The Labute approximate surface area is 153 Å². The van der Waals surface area contributed by atoms with E-state index in [1.54, 1.807) is 60.7 Å². The zero-order valence-corrected chi connectivity index (χ0v) is 14.8. The highest BCUT2D eigenvalue weighted by molar-refractivity contribution is 5.87. The van der Waals surface area contributed by atoms with Crippen molar-refractivity contribution in [3.8, 4) is 0 Å². The van der Waals surface area contributed by atoms with Crippen molar-refractivity contribution in [2.75, 3.05) is 19.6 Å². The molecule has 2 N–H and O–H groups in total. The molecule has 3 aliphatic heterocycles. The third-order valence-electron chi connectivity index (χ3n) is 4.60. The number of piperidine rings is 3. The number of rotatable bonds is 2. The lowest BCUT2D eigenvalue weighted by atomic mass is 9.89. The molecule has 0 atom stereocenters. The van der Waals surface area contributed by atoms with Crippen LogP contribution in [0.3, 0.4) is 0 Å². The maximum absolute atomic E-state index is 10.2. The largest absolute Gasteiger partial charge is 0.478 e. The number of carbonyl (C=O) groups is 2. The van der Waals surface area contributed by atoms with Crippen molar-refractivity contribution in [2.24, 2.45) is 5.92 Å². The molecule has 3 heterocycles. The van der Waals surface area contributed by atoms with Crippen molar-refractivity contribution in [2.45, 2.75) is 19.3 Å². The Hall–Kier alpha value is -2.66. The first-order valence-electron chi connectivity index (χ1n) is 8.85. The van der Waals surface area contributed by atoms with Crippen LogP contribution < -0.4 is 0 Å². The number of hydrogen-bond donors (Lipinski definition) is 2. The normalized spacial score (nSPS) is 20.0. The summed E-state index contributed by atoms with van der Waals surface area (Å²) < 4.78 is 0. The highest BCUT2D eigenvalue weighted by atomic mass is 16.4. The highest BCUT2D eigenvalue weighted by Gasteiger charge is 2.24. The summed E-state index contributed by atoms with van der Waals surface area (Å²) in [5, 5.41) is 16.8. The molecule has 0 spiro atoms. The van der Waals surface area contributed by atoms with Crippen LogP contribution in [0.5, 0.6) is 0 Å². The first-order valence-corrected chi connectivity index (χ1v) is 8.85. The Morgan fingerprint density at radius 2 is 1.04 bits per heavy atom. The van der Waals surface area contributed by atoms with Crippen molar-refractivity contribution in [1.29, 1.82) is 0 Å². The molecule has 5 rings (SSSR count). The van der Waals surface area contributed by atoms with E-state index >= 15 is 0 Å². The van der Waals surface area contributed by atoms with Crippen LogP contribution in [0.4, 0.5) is 0 Å². The summed E-state index contributed by atoms with van der Waals surface area (Å²) in [7, 11) is 0. The number of fused-ring (bicyclic) bond motifs is 3. The third kappa shape index (κ3) is 6.69. The molecule has 2 aromatic rings. The minimum atomic E-state index is -0.879. The van der Waals surface area contributed by atoms with E-state index in [2.05, 4.69) is 4.90 Å². The minimum absolute atomic E-state index is 0.331. The lowest BCUT2D eigenvalue weighted by Crippen LogP contribution is -2.41. The maximum Gasteiger partial charge on any atom is 0.335 e. The zero-order valence-electron chi connectivity index (χ0n) is 14.8. The van der Waals surface area contributed by atoms with E-state index in [0.29, 0.717) is 11.1 Å². The molecule has 3 fully saturated rings. The second-order valence-corrected chi connectivity index (χ2v) is 6.42. The Kier molecular flexibility index (Phi) is 7.83. The summed E-state index contributed by atoms with van der Waals surface area (Å²) in [5.41, 5.74) is 0.662. The molecule has 26 heavy (non-hydrogen) atoms. The molecule has 0 aliphatic carbocycles. The van der Waals surface area contributed by atoms with Gasteiger partial charge >= 0.3 is 11.9 Å². The van der Waals surface area contributed by atoms with Crippen molar-refractivity contribution in [3.63, 3.8) is 0 Å². The van der Waals surface area contributed by atoms with Gasteiger partial charge < -0.3 is 15.1 Å². The van der Waals surface area contributed by atoms with Gasteiger partial charge in [-0.05, 0) is 69.1 Å². The van der Waals surface area contributed by atoms with Crippen LogP contribution >= 0.6 is 0 Å². The molecule has 0 aromatic heterocycles. The van der Waals surface area contributed by atoms with Gasteiger partial charge in [0.25, 0.3) is 0 Å². The van der Waals surface area contributed by atoms with Gasteiger partial charge in [0.05, 0.1) is 11.1 Å². The molecule has 0 amide bonds. The molecule has 138 valence electrons. The van der Waals surface area contributed by atoms with E-state index < -0.39 is 11.9 Å². The average Bonchev–Trinajstić information content (AvgIpc) is 2.72. The quantitative estimate of drug-likeness (QED) is 0.855. The van der Waals surface area contributed by atoms with Crippen molar-refractivity contribution < 1.29 is 19.8 Å². The molecule has 0 saturated carbocycles. The lowest BCUT2D eigenvalue weighted by molar-refractivity contribution is 0.0686. The lowest BCUT2D eigenvalue weighted by Gasteiger charge is -2.38. The monoisotopic (exact) mass is 355 g/mol. The van der Waals surface area contributed by atoms with Crippen LogP contribution in [0.1, 0.15) is 40.0 Å². The van der Waals surface area contributed by atoms with Crippen LogP contribution in [0.2, 0.25) is 0 Å². The van der Waals surface area contributed by atoms with Gasteiger partial charge in [0.15, 0.2) is 0 Å². The first-order chi connectivity index (χ1) is 12.6. The second kappa shape index (κ2) is 10.4. The average molecular weight is 355 g/mol. The molecule has 2 aromatic carbocycles. The topological polar surface area (TPSA) is 77.8 Å². The molecule has 5 nitrogen and oxygen atoms in total. The third-order valence-corrected chi connectivity index (χ3v) is 4.60. The Morgan fingerprint density at radius 1 is 0.692 bits per heavy atom. The number of nitrogens with zero attached hydrogens (tertiary/aromatic N) is 1. The number of carboxylic acids is 2. The SMILES string of the molecule is C1CN2CCC1CC2.O=C(O)c1ccccc1.O=C(O)c1ccccc1. The molecule has 5 heteroatoms. The number of hydrogen-bond acceptors (Lipinski definition) is 3. The van der Waals surface area contributed by atoms with E-state index in [4.69, 9.17) is 10.2 Å². The van der Waals surface area contributed by atoms with Gasteiger partial charge in [-0.25, -0.2) is 9.59 Å². The van der Waals surface area contributed by atoms with Gasteiger partial charge in [-0.3, -0.25) is 0 Å². The van der Waals surface area contributed by atoms with Crippen molar-refractivity contribution in [1.82, 2.24) is 4.90 Å². The molecule has 0 radical (unpaired) electrons. The van der Waals surface area contributed by atoms with Gasteiger partial charge in [-0.1, -0.05) is 36.4 Å². The van der Waals surface area contributed by atoms with E-state index in [1.165, 1.54) is 38.9 Å². The van der Waals surface area contributed by atoms with Gasteiger partial charge in [0.1, 0.15) is 0 Å². The molecule has 0 unspecified atom stereocenters. The van der Waals surface area contributed by atoms with E-state index in [0.717, 1.165) is 5.92 Å². The van der Waals surface area contributed by atoms with Crippen LogP contribution in [0, 0.1) is 5.92 Å². The van der Waals surface area contributed by atoms with Crippen molar-refractivity contribution >= 4 is 11.9 Å². The van der Waals surface area contributed by atoms with E-state index in [-0.39, 0.29) is 0 Å². The predicted octanol–water partition coefficient (Wildman–Crippen LogP) is 3.87. The van der Waals surface area contributed by atoms with Gasteiger partial charge in [0.2, 0.25) is 0 Å². The van der Waals surface area contributed by atoms with E-state index in [9.17, 15) is 9.59 Å². The second-order valence-electron chi connectivity index (χ2n) is 6.42. The standard InChI is InChI=1S/C7H13N.2C7H6O2/c1-4-8-5-2-7(1)3-6-8;2*8-7(9)6-4-2-1-3-5-6/h7H,1-6H2;2*1-5H,(H,8,9). The Morgan fingerprint density at radius 3 is 1.19 bits per heavy atom. The molecule has 3 aliphatic rings. The summed E-state index contributed by atoms with van der Waals surface area (Å²) in [6, 6.07) is 16.6. The van der Waals surface area contributed by atoms with Gasteiger partial charge in [0, 0.05) is 0 Å². The van der Waals surface area contributed by atoms with Crippen LogP contribution in [0.25, 0.3) is 0 Å². The summed E-state index contributed by atoms with van der Waals surface area (Å²) in [4.78, 5) is 23.0. The zero-order chi connectivity index (χ0) is 18.8. The fourth-order valence-corrected chi connectivity index (χ4v) is 3.03. The van der Waals surface area contributed by atoms with Crippen molar-refractivity contribution in [3.05, 3.63) is 71.8 Å². The number of benzene rings is 2. The summed E-state index contributed by atoms with van der Waals surface area (Å²) in [6.07, 6.45) is 4.46. The first kappa shape index (κ1) is 19.7. The minimum Gasteiger partial charge on any atom is -0.478 e. The molecule has 3 saturated heterocycles. The fraction of sp³-hybridized carbons (Fsp3) is 0.333. The molecule has 2 bridgehead atoms. The van der Waals surface area contributed by atoms with Crippen LogP contribution in [0.15, 0.2) is 60.7 Å². The maximum atomic E-state index is 10.2. The molecular formula is C21H25NO4. The van der Waals surface area contributed by atoms with E-state index in [1.807, 2.05) is 0 Å². The van der Waals surface area contributed by atoms with Gasteiger partial charge in [-0.15, -0.1) is 0 Å². The van der Waals surface area contributed by atoms with Crippen LogP contribution in [-0.2, 0) is 0 Å². The highest BCUT2D eigenvalue weighted by Crippen LogP contribution is 2.26. The van der Waals surface area contributed by atoms with Crippen LogP contribution in [-0.4, -0.2) is 46.7 Å². The summed E-state index contributed by atoms with van der Waals surface area (Å²) >= 11 is 0.